The molecule has 5 nitrogen and oxygen atoms in total. The third kappa shape index (κ3) is 2.67. The van der Waals surface area contributed by atoms with Crippen LogP contribution in [0.2, 0.25) is 0 Å². The van der Waals surface area contributed by atoms with E-state index < -0.39 is 0 Å². The number of carbonyl (C=O) groups is 2. The van der Waals surface area contributed by atoms with E-state index in [9.17, 15) is 14.7 Å². The Morgan fingerprint density at radius 3 is 3.00 bits per heavy atom. The van der Waals surface area contributed by atoms with Crippen molar-refractivity contribution >= 4 is 17.5 Å². The van der Waals surface area contributed by atoms with Gasteiger partial charge in [-0.15, -0.1) is 0 Å². The van der Waals surface area contributed by atoms with Gasteiger partial charge in [-0.3, -0.25) is 9.59 Å². The summed E-state index contributed by atoms with van der Waals surface area (Å²) >= 11 is 0. The maximum absolute atomic E-state index is 12.2. The molecule has 106 valence electrons. The molecule has 2 aliphatic rings. The van der Waals surface area contributed by atoms with Crippen LogP contribution in [0.25, 0.3) is 0 Å². The first-order valence-electron chi connectivity index (χ1n) is 7.03. The average Bonchev–Trinajstić information content (AvgIpc) is 2.77. The van der Waals surface area contributed by atoms with Gasteiger partial charge in [-0.05, 0) is 43.4 Å². The third-order valence-electron chi connectivity index (χ3n) is 3.98. The summed E-state index contributed by atoms with van der Waals surface area (Å²) in [6, 6.07) is 5.31. The third-order valence-corrected chi connectivity index (χ3v) is 3.98. The molecular weight excluding hydrogens is 256 g/mol. The number of hydrogen-bond acceptors (Lipinski definition) is 3. The first kappa shape index (κ1) is 13.1. The molecule has 1 fully saturated rings. The van der Waals surface area contributed by atoms with Gasteiger partial charge in [-0.25, -0.2) is 0 Å². The molecule has 0 aromatic heterocycles. The van der Waals surface area contributed by atoms with E-state index in [2.05, 4.69) is 10.6 Å². The highest BCUT2D eigenvalue weighted by molar-refractivity contribution is 6.02. The zero-order valence-electron chi connectivity index (χ0n) is 11.2. The zero-order chi connectivity index (χ0) is 14.1. The van der Waals surface area contributed by atoms with Crippen molar-refractivity contribution < 1.29 is 14.7 Å². The maximum Gasteiger partial charge on any atom is 0.251 e. The molecule has 1 aliphatic heterocycles. The summed E-state index contributed by atoms with van der Waals surface area (Å²) in [5, 5.41) is 15.3. The summed E-state index contributed by atoms with van der Waals surface area (Å²) in [4.78, 5) is 23.5. The van der Waals surface area contributed by atoms with Crippen molar-refractivity contribution in [3.05, 3.63) is 29.3 Å². The largest absolute Gasteiger partial charge is 0.393 e. The van der Waals surface area contributed by atoms with Crippen LogP contribution in [0.5, 0.6) is 0 Å². The van der Waals surface area contributed by atoms with Gasteiger partial charge < -0.3 is 15.7 Å². The Labute approximate surface area is 117 Å². The molecule has 0 radical (unpaired) electrons. The number of aliphatic hydroxyl groups excluding tert-OH is 1. The summed E-state index contributed by atoms with van der Waals surface area (Å²) in [7, 11) is 0. The first-order valence-corrected chi connectivity index (χ1v) is 7.03. The number of nitrogens with one attached hydrogen (secondary N) is 2. The van der Waals surface area contributed by atoms with Gasteiger partial charge in [0.05, 0.1) is 12.5 Å². The van der Waals surface area contributed by atoms with Gasteiger partial charge >= 0.3 is 0 Å². The van der Waals surface area contributed by atoms with Crippen LogP contribution < -0.4 is 10.6 Å². The Bertz CT molecular complexity index is 556. The lowest BCUT2D eigenvalue weighted by molar-refractivity contribution is -0.115. The minimum atomic E-state index is -0.312. The molecule has 1 aromatic carbocycles. The Morgan fingerprint density at radius 2 is 2.20 bits per heavy atom. The number of rotatable bonds is 2. The van der Waals surface area contributed by atoms with Gasteiger partial charge in [0.2, 0.25) is 5.91 Å². The predicted molar refractivity (Wildman–Crippen MR) is 74.5 cm³/mol. The Morgan fingerprint density at radius 1 is 1.35 bits per heavy atom. The second kappa shape index (κ2) is 5.25. The summed E-state index contributed by atoms with van der Waals surface area (Å²) < 4.78 is 0. The standard InChI is InChI=1S/C15H18N2O3/c18-12-3-1-2-11(8-12)16-15(20)10-5-4-9-7-14(19)17-13(9)6-10/h4-6,11-12,18H,1-3,7-8H2,(H,16,20)(H,17,19). The van der Waals surface area contributed by atoms with Crippen molar-refractivity contribution in [1.29, 1.82) is 0 Å². The SMILES string of the molecule is O=C1Cc2ccc(C(=O)NC3CCCC(O)C3)cc2N1. The predicted octanol–water partition coefficient (Wildman–Crippen LogP) is 1.21. The molecule has 2 atom stereocenters. The number of anilines is 1. The van der Waals surface area contributed by atoms with E-state index in [0.717, 1.165) is 30.5 Å². The van der Waals surface area contributed by atoms with Crippen LogP contribution in [-0.4, -0.2) is 29.1 Å². The van der Waals surface area contributed by atoms with Crippen LogP contribution >= 0.6 is 0 Å². The molecule has 20 heavy (non-hydrogen) atoms. The highest BCUT2D eigenvalue weighted by atomic mass is 16.3. The number of amides is 2. The van der Waals surface area contributed by atoms with Crippen molar-refractivity contribution in [2.75, 3.05) is 5.32 Å². The number of carbonyl (C=O) groups excluding carboxylic acids is 2. The molecule has 5 heteroatoms. The minimum absolute atomic E-state index is 0.0343. The van der Waals surface area contributed by atoms with E-state index in [1.807, 2.05) is 6.07 Å². The van der Waals surface area contributed by atoms with Gasteiger partial charge in [0.25, 0.3) is 5.91 Å². The summed E-state index contributed by atoms with van der Waals surface area (Å²) in [6.45, 7) is 0. The lowest BCUT2D eigenvalue weighted by Crippen LogP contribution is -2.39. The highest BCUT2D eigenvalue weighted by Gasteiger charge is 2.23. The van der Waals surface area contributed by atoms with Crippen LogP contribution in [0.1, 0.15) is 41.6 Å². The van der Waals surface area contributed by atoms with Crippen LogP contribution in [0.15, 0.2) is 18.2 Å². The minimum Gasteiger partial charge on any atom is -0.393 e. The molecule has 2 unspecified atom stereocenters. The molecule has 1 aromatic rings. The highest BCUT2D eigenvalue weighted by Crippen LogP contribution is 2.24. The van der Waals surface area contributed by atoms with E-state index in [1.54, 1.807) is 12.1 Å². The second-order valence-corrected chi connectivity index (χ2v) is 5.59. The van der Waals surface area contributed by atoms with Crippen molar-refractivity contribution in [3.63, 3.8) is 0 Å². The summed E-state index contributed by atoms with van der Waals surface area (Å²) in [5.41, 5.74) is 2.21. The van der Waals surface area contributed by atoms with Gasteiger partial charge in [-0.1, -0.05) is 6.07 Å². The molecule has 3 rings (SSSR count). The summed E-state index contributed by atoms with van der Waals surface area (Å²) in [5.74, 6) is -0.180. The lowest BCUT2D eigenvalue weighted by Gasteiger charge is -2.26. The fourth-order valence-corrected chi connectivity index (χ4v) is 2.92. The van der Waals surface area contributed by atoms with E-state index in [4.69, 9.17) is 0 Å². The Kier molecular flexibility index (Phi) is 3.44. The van der Waals surface area contributed by atoms with Crippen molar-refractivity contribution in [3.8, 4) is 0 Å². The molecule has 0 saturated heterocycles. The van der Waals surface area contributed by atoms with E-state index in [1.165, 1.54) is 0 Å². The average molecular weight is 274 g/mol. The molecule has 1 aliphatic carbocycles. The first-order chi connectivity index (χ1) is 9.61. The van der Waals surface area contributed by atoms with Gasteiger partial charge in [-0.2, -0.15) is 0 Å². The van der Waals surface area contributed by atoms with Crippen molar-refractivity contribution in [2.24, 2.45) is 0 Å². The number of aliphatic hydroxyl groups is 1. The van der Waals surface area contributed by atoms with Crippen LogP contribution in [0, 0.1) is 0 Å². The fourth-order valence-electron chi connectivity index (χ4n) is 2.92. The lowest BCUT2D eigenvalue weighted by atomic mass is 9.93. The van der Waals surface area contributed by atoms with Crippen molar-refractivity contribution in [1.82, 2.24) is 5.32 Å². The van der Waals surface area contributed by atoms with E-state index in [-0.39, 0.29) is 24.0 Å². The smallest absolute Gasteiger partial charge is 0.251 e. The zero-order valence-corrected chi connectivity index (χ0v) is 11.2. The van der Waals surface area contributed by atoms with Crippen molar-refractivity contribution in [2.45, 2.75) is 44.2 Å². The normalized spacial score (nSPS) is 24.9. The van der Waals surface area contributed by atoms with E-state index >= 15 is 0 Å². The summed E-state index contributed by atoms with van der Waals surface area (Å²) in [6.07, 6.45) is 3.35. The van der Waals surface area contributed by atoms with Gasteiger partial charge in [0.1, 0.15) is 0 Å². The Balaban J connectivity index is 1.68. The van der Waals surface area contributed by atoms with E-state index in [0.29, 0.717) is 18.4 Å². The Hall–Kier alpha value is -1.88. The molecular formula is C15H18N2O3. The monoisotopic (exact) mass is 274 g/mol. The molecule has 0 bridgehead atoms. The number of fused-ring (bicyclic) bond motifs is 1. The second-order valence-electron chi connectivity index (χ2n) is 5.59. The van der Waals surface area contributed by atoms with Crippen LogP contribution in [0.3, 0.4) is 0 Å². The maximum atomic E-state index is 12.2. The van der Waals surface area contributed by atoms with Crippen LogP contribution in [0.4, 0.5) is 5.69 Å². The topological polar surface area (TPSA) is 78.4 Å². The van der Waals surface area contributed by atoms with Gasteiger partial charge in [0, 0.05) is 17.3 Å². The fraction of sp³-hybridized carbons (Fsp3) is 0.467. The molecule has 3 N–H and O–H groups in total. The number of benzene rings is 1. The molecule has 1 saturated carbocycles. The number of hydrogen-bond donors (Lipinski definition) is 3. The molecule has 2 amide bonds. The quantitative estimate of drug-likeness (QED) is 0.758. The van der Waals surface area contributed by atoms with Crippen LogP contribution in [-0.2, 0) is 11.2 Å². The molecule has 0 spiro atoms. The van der Waals surface area contributed by atoms with Gasteiger partial charge in [0.15, 0.2) is 0 Å². The molecule has 1 heterocycles.